The number of nitrogens with zero attached hydrogens (tertiary/aromatic N) is 5. The zero-order chi connectivity index (χ0) is 26.6. The van der Waals surface area contributed by atoms with Crippen LogP contribution in [0.4, 0.5) is 10.1 Å². The predicted octanol–water partition coefficient (Wildman–Crippen LogP) is 2.92. The summed E-state index contributed by atoms with van der Waals surface area (Å²) in [6.45, 7) is 1.37. The second-order valence-corrected chi connectivity index (χ2v) is 10.1. The number of fused-ring (bicyclic) bond motifs is 3. The van der Waals surface area contributed by atoms with Crippen LogP contribution < -0.4 is 4.90 Å². The SMILES string of the molecule is [B]C([B])([B])c1nnn(C)c1-c1cnc2c(c1)N([C@H](c1ccc(F)cc1)C1CCOCC1)C1C=CC(OC)=C21. The number of anilines is 1. The summed E-state index contributed by atoms with van der Waals surface area (Å²) < 4.78 is 27.0. The Morgan fingerprint density at radius 2 is 1.89 bits per heavy atom. The van der Waals surface area contributed by atoms with Crippen molar-refractivity contribution >= 4 is 34.8 Å². The molecule has 11 heteroatoms. The molecule has 7 nitrogen and oxygen atoms in total. The van der Waals surface area contributed by atoms with Crippen LogP contribution >= 0.6 is 0 Å². The van der Waals surface area contributed by atoms with Crippen LogP contribution in [0.2, 0.25) is 0 Å². The first-order chi connectivity index (χ1) is 18.3. The van der Waals surface area contributed by atoms with Crippen molar-refractivity contribution in [1.82, 2.24) is 20.0 Å². The molecule has 2 aromatic heterocycles. The van der Waals surface area contributed by atoms with Gasteiger partial charge in [0.2, 0.25) is 0 Å². The van der Waals surface area contributed by atoms with Crippen molar-refractivity contribution in [2.45, 2.75) is 30.0 Å². The van der Waals surface area contributed by atoms with Crippen LogP contribution in [0, 0.1) is 11.7 Å². The minimum atomic E-state index is -1.67. The summed E-state index contributed by atoms with van der Waals surface area (Å²) in [6.07, 6.45) is 7.66. The molecular weight excluding hydrogens is 478 g/mol. The summed E-state index contributed by atoms with van der Waals surface area (Å²) in [5, 5.41) is 6.57. The molecule has 0 saturated carbocycles. The molecule has 1 aliphatic carbocycles. The quantitative estimate of drug-likeness (QED) is 0.483. The number of benzene rings is 1. The Hall–Kier alpha value is -3.33. The fourth-order valence-electron chi connectivity index (χ4n) is 5.96. The summed E-state index contributed by atoms with van der Waals surface area (Å²) in [4.78, 5) is 7.28. The van der Waals surface area contributed by atoms with E-state index in [1.165, 1.54) is 12.1 Å². The molecule has 2 aliphatic heterocycles. The Morgan fingerprint density at radius 1 is 1.16 bits per heavy atom. The third-order valence-electron chi connectivity index (χ3n) is 7.65. The number of rotatable bonds is 6. The minimum Gasteiger partial charge on any atom is -0.496 e. The van der Waals surface area contributed by atoms with Gasteiger partial charge in [0.05, 0.1) is 65.5 Å². The van der Waals surface area contributed by atoms with Gasteiger partial charge in [0.15, 0.2) is 0 Å². The van der Waals surface area contributed by atoms with E-state index in [2.05, 4.69) is 27.4 Å². The number of hydrogen-bond acceptors (Lipinski definition) is 6. The summed E-state index contributed by atoms with van der Waals surface area (Å²) >= 11 is 0. The maximum absolute atomic E-state index is 14.0. The molecule has 0 bridgehead atoms. The van der Waals surface area contributed by atoms with Crippen LogP contribution in [0.25, 0.3) is 16.8 Å². The van der Waals surface area contributed by atoms with E-state index >= 15 is 0 Å². The molecule has 2 atom stereocenters. The van der Waals surface area contributed by atoms with E-state index in [-0.39, 0.29) is 29.5 Å². The number of hydrogen-bond donors (Lipinski definition) is 0. The molecule has 1 saturated heterocycles. The number of pyridine rings is 1. The van der Waals surface area contributed by atoms with Gasteiger partial charge in [-0.05, 0) is 48.6 Å². The van der Waals surface area contributed by atoms with E-state index in [4.69, 9.17) is 38.0 Å². The summed E-state index contributed by atoms with van der Waals surface area (Å²) in [6, 6.07) is 8.69. The Bertz CT molecular complexity index is 1430. The molecule has 1 unspecified atom stereocenters. The number of allylic oxidation sites excluding steroid dienone is 1. The summed E-state index contributed by atoms with van der Waals surface area (Å²) in [7, 11) is 21.5. The van der Waals surface area contributed by atoms with Crippen molar-refractivity contribution in [2.24, 2.45) is 13.0 Å². The Labute approximate surface area is 225 Å². The Kier molecular flexibility index (Phi) is 6.21. The molecular formula is C27H25B3FN5O2. The summed E-state index contributed by atoms with van der Waals surface area (Å²) in [5.41, 5.74) is 5.37. The highest BCUT2D eigenvalue weighted by Gasteiger charge is 2.45. The van der Waals surface area contributed by atoms with Gasteiger partial charge in [-0.1, -0.05) is 28.5 Å². The largest absolute Gasteiger partial charge is 0.496 e. The summed E-state index contributed by atoms with van der Waals surface area (Å²) in [5.74, 6) is 0.790. The van der Waals surface area contributed by atoms with Crippen molar-refractivity contribution in [3.05, 3.63) is 77.2 Å². The lowest BCUT2D eigenvalue weighted by Gasteiger charge is -2.41. The zero-order valence-electron chi connectivity index (χ0n) is 21.3. The zero-order valence-corrected chi connectivity index (χ0v) is 21.3. The Balaban J connectivity index is 1.55. The molecule has 0 N–H and O–H groups in total. The third-order valence-corrected chi connectivity index (χ3v) is 7.65. The van der Waals surface area contributed by atoms with E-state index in [1.54, 1.807) is 25.0 Å². The minimum absolute atomic E-state index is 0.0552. The smallest absolute Gasteiger partial charge is 0.126 e. The van der Waals surface area contributed by atoms with Crippen LogP contribution in [0.15, 0.2) is 54.4 Å². The standard InChI is InChI=1S/C27H25B3FN5O2/c1-35-25(26(33-34-35)27(28,29)30)17-13-20-23(32-14-17)22-19(7-8-21(22)37-2)36(20)24(16-9-11-38-12-10-16)15-3-5-18(31)6-4-15/h3-8,13-14,16,19,24H,9-12H2,1-2H3/t19?,24-/m1/s1. The molecule has 6 rings (SSSR count). The van der Waals surface area contributed by atoms with E-state index in [0.717, 1.165) is 46.7 Å². The topological polar surface area (TPSA) is 65.3 Å². The van der Waals surface area contributed by atoms with Crippen LogP contribution in [0.3, 0.4) is 0 Å². The second kappa shape index (κ2) is 9.45. The van der Waals surface area contributed by atoms with Crippen molar-refractivity contribution < 1.29 is 13.9 Å². The molecule has 3 aromatic rings. The fourth-order valence-corrected chi connectivity index (χ4v) is 5.96. The van der Waals surface area contributed by atoms with Crippen LogP contribution in [0.5, 0.6) is 0 Å². The lowest BCUT2D eigenvalue weighted by atomic mass is 9.41. The van der Waals surface area contributed by atoms with Crippen LogP contribution in [-0.4, -0.2) is 69.9 Å². The van der Waals surface area contributed by atoms with E-state index < -0.39 is 5.11 Å². The molecule has 186 valence electrons. The first kappa shape index (κ1) is 25.0. The van der Waals surface area contributed by atoms with Gasteiger partial charge in [-0.3, -0.25) is 4.98 Å². The van der Waals surface area contributed by atoms with E-state index in [1.807, 2.05) is 18.2 Å². The number of aryl methyl sites for hydroxylation is 1. The molecule has 4 heterocycles. The van der Waals surface area contributed by atoms with Crippen molar-refractivity contribution in [3.63, 3.8) is 0 Å². The number of ether oxygens (including phenoxy) is 2. The van der Waals surface area contributed by atoms with Crippen LogP contribution in [-0.2, 0) is 21.6 Å². The molecule has 3 aliphatic rings. The number of methoxy groups -OCH3 is 1. The highest BCUT2D eigenvalue weighted by atomic mass is 19.1. The highest BCUT2D eigenvalue weighted by molar-refractivity contribution is 6.59. The van der Waals surface area contributed by atoms with Crippen molar-refractivity contribution in [1.29, 1.82) is 0 Å². The maximum atomic E-state index is 14.0. The molecule has 0 amide bonds. The lowest BCUT2D eigenvalue weighted by molar-refractivity contribution is 0.0572. The third kappa shape index (κ3) is 4.08. The van der Waals surface area contributed by atoms with Gasteiger partial charge in [-0.2, -0.15) is 0 Å². The average Bonchev–Trinajstić information content (AvgIpc) is 3.59. The van der Waals surface area contributed by atoms with Crippen molar-refractivity contribution in [2.75, 3.05) is 25.2 Å². The Morgan fingerprint density at radius 3 is 2.58 bits per heavy atom. The molecule has 38 heavy (non-hydrogen) atoms. The van der Waals surface area contributed by atoms with Gasteiger partial charge >= 0.3 is 0 Å². The molecule has 0 spiro atoms. The highest BCUT2D eigenvalue weighted by Crippen LogP contribution is 2.52. The predicted molar refractivity (Wildman–Crippen MR) is 145 cm³/mol. The second-order valence-electron chi connectivity index (χ2n) is 10.1. The van der Waals surface area contributed by atoms with Crippen molar-refractivity contribution in [3.8, 4) is 11.3 Å². The number of halogens is 1. The molecule has 6 radical (unpaired) electrons. The first-order valence-corrected chi connectivity index (χ1v) is 12.6. The fraction of sp³-hybridized carbons (Fsp3) is 0.370. The van der Waals surface area contributed by atoms with Gasteiger partial charge < -0.3 is 14.4 Å². The number of aromatic nitrogens is 4. The maximum Gasteiger partial charge on any atom is 0.126 e. The van der Waals surface area contributed by atoms with E-state index in [9.17, 15) is 4.39 Å². The molecule has 1 aromatic carbocycles. The van der Waals surface area contributed by atoms with E-state index in [0.29, 0.717) is 18.9 Å². The van der Waals surface area contributed by atoms with Gasteiger partial charge in [-0.25, -0.2) is 9.07 Å². The lowest BCUT2D eigenvalue weighted by Crippen LogP contribution is -2.39. The van der Waals surface area contributed by atoms with Gasteiger partial charge in [0, 0.05) is 37.6 Å². The van der Waals surface area contributed by atoms with Gasteiger partial charge in [0.1, 0.15) is 11.6 Å². The average molecular weight is 503 g/mol. The van der Waals surface area contributed by atoms with Gasteiger partial charge in [0.25, 0.3) is 0 Å². The first-order valence-electron chi connectivity index (χ1n) is 12.6. The van der Waals surface area contributed by atoms with Crippen LogP contribution in [0.1, 0.15) is 35.8 Å². The molecule has 1 fully saturated rings. The monoisotopic (exact) mass is 503 g/mol. The normalized spacial score (nSPS) is 20.1. The van der Waals surface area contributed by atoms with Gasteiger partial charge in [-0.15, -0.1) is 5.10 Å².